The number of hydrogen-bond acceptors (Lipinski definition) is 2. The summed E-state index contributed by atoms with van der Waals surface area (Å²) in [5.74, 6) is 0. The van der Waals surface area contributed by atoms with Crippen molar-refractivity contribution < 1.29 is 0 Å². The van der Waals surface area contributed by atoms with Crippen molar-refractivity contribution in [1.29, 1.82) is 0 Å². The van der Waals surface area contributed by atoms with Crippen LogP contribution in [0.5, 0.6) is 0 Å². The van der Waals surface area contributed by atoms with Gasteiger partial charge in [0.25, 0.3) is 0 Å². The molecule has 14 heavy (non-hydrogen) atoms. The third-order valence-electron chi connectivity index (χ3n) is 3.88. The number of hydrogen-bond donors (Lipinski definition) is 0. The molecule has 0 amide bonds. The maximum Gasteiger partial charge on any atom is 0.0353 e. The van der Waals surface area contributed by atoms with E-state index in [2.05, 4.69) is 37.5 Å². The lowest BCUT2D eigenvalue weighted by molar-refractivity contribution is -0.0246. The normalized spacial score (nSPS) is 32.1. The van der Waals surface area contributed by atoms with Gasteiger partial charge in [0.1, 0.15) is 0 Å². The van der Waals surface area contributed by atoms with Crippen LogP contribution in [0.1, 0.15) is 40.5 Å². The van der Waals surface area contributed by atoms with Crippen LogP contribution in [0.4, 0.5) is 0 Å². The maximum atomic E-state index is 2.71. The molecule has 2 heteroatoms. The molecule has 2 aliphatic heterocycles. The molecular weight excluding hydrogens is 172 g/mol. The molecule has 82 valence electrons. The van der Waals surface area contributed by atoms with Gasteiger partial charge < -0.3 is 0 Å². The minimum absolute atomic E-state index is 0.374. The van der Waals surface area contributed by atoms with Crippen LogP contribution in [-0.2, 0) is 0 Å². The Morgan fingerprint density at radius 2 is 1.79 bits per heavy atom. The first kappa shape index (κ1) is 10.4. The summed E-state index contributed by atoms with van der Waals surface area (Å²) < 4.78 is 0. The lowest BCUT2D eigenvalue weighted by atomic mass is 9.96. The van der Waals surface area contributed by atoms with Gasteiger partial charge in [-0.15, -0.1) is 0 Å². The van der Waals surface area contributed by atoms with Gasteiger partial charge in [0.2, 0.25) is 0 Å². The number of rotatable bonds is 1. The fraction of sp³-hybridized carbons (Fsp3) is 1.00. The first-order valence-electron chi connectivity index (χ1n) is 5.99. The summed E-state index contributed by atoms with van der Waals surface area (Å²) >= 11 is 0. The van der Waals surface area contributed by atoms with Gasteiger partial charge in [-0.1, -0.05) is 0 Å². The van der Waals surface area contributed by atoms with Crippen molar-refractivity contribution in [2.45, 2.75) is 58.2 Å². The molecule has 0 N–H and O–H groups in total. The maximum absolute atomic E-state index is 2.71. The SMILES string of the molecule is C[C@H]1CCCN1C1CN(C(C)(C)C)C1. The van der Waals surface area contributed by atoms with Crippen molar-refractivity contribution in [3.63, 3.8) is 0 Å². The Hall–Kier alpha value is -0.0800. The summed E-state index contributed by atoms with van der Waals surface area (Å²) in [5, 5.41) is 0. The van der Waals surface area contributed by atoms with Crippen molar-refractivity contribution in [1.82, 2.24) is 9.80 Å². The van der Waals surface area contributed by atoms with E-state index in [-0.39, 0.29) is 0 Å². The molecule has 0 aromatic carbocycles. The standard InChI is InChI=1S/C12H24N2/c1-10-6-5-7-14(10)11-8-13(9-11)12(2,3)4/h10-11H,5-9H2,1-4H3/t10-/m0/s1. The third kappa shape index (κ3) is 1.82. The highest BCUT2D eigenvalue weighted by Crippen LogP contribution is 2.28. The van der Waals surface area contributed by atoms with Crippen LogP contribution in [-0.4, -0.2) is 47.1 Å². The molecule has 0 unspecified atom stereocenters. The van der Waals surface area contributed by atoms with E-state index in [1.165, 1.54) is 32.5 Å². The smallest absolute Gasteiger partial charge is 0.0353 e. The molecule has 0 aromatic heterocycles. The van der Waals surface area contributed by atoms with Crippen LogP contribution in [0.3, 0.4) is 0 Å². The molecule has 0 aromatic rings. The molecule has 2 rings (SSSR count). The Morgan fingerprint density at radius 1 is 1.14 bits per heavy atom. The van der Waals surface area contributed by atoms with Gasteiger partial charge in [-0.05, 0) is 47.1 Å². The Balaban J connectivity index is 1.83. The summed E-state index contributed by atoms with van der Waals surface area (Å²) in [6.45, 7) is 13.2. The third-order valence-corrected chi connectivity index (χ3v) is 3.88. The summed E-state index contributed by atoms with van der Waals surface area (Å²) in [5.41, 5.74) is 0.374. The fourth-order valence-corrected chi connectivity index (χ4v) is 2.71. The summed E-state index contributed by atoms with van der Waals surface area (Å²) in [6, 6.07) is 1.69. The van der Waals surface area contributed by atoms with Gasteiger partial charge in [-0.25, -0.2) is 0 Å². The van der Waals surface area contributed by atoms with E-state index in [4.69, 9.17) is 0 Å². The first-order chi connectivity index (χ1) is 6.48. The van der Waals surface area contributed by atoms with Crippen molar-refractivity contribution in [3.8, 4) is 0 Å². The van der Waals surface area contributed by atoms with E-state index in [0.29, 0.717) is 5.54 Å². The molecule has 0 spiro atoms. The zero-order valence-corrected chi connectivity index (χ0v) is 10.1. The molecule has 0 aliphatic carbocycles. The van der Waals surface area contributed by atoms with Crippen LogP contribution >= 0.6 is 0 Å². The van der Waals surface area contributed by atoms with Crippen LogP contribution in [0, 0.1) is 0 Å². The van der Waals surface area contributed by atoms with E-state index < -0.39 is 0 Å². The van der Waals surface area contributed by atoms with E-state index in [1.807, 2.05) is 0 Å². The average Bonchev–Trinajstić information content (AvgIpc) is 2.30. The second-order valence-corrected chi connectivity index (χ2v) is 5.96. The molecule has 2 nitrogen and oxygen atoms in total. The van der Waals surface area contributed by atoms with Gasteiger partial charge in [0.05, 0.1) is 0 Å². The van der Waals surface area contributed by atoms with Gasteiger partial charge in [0, 0.05) is 30.7 Å². The van der Waals surface area contributed by atoms with Crippen molar-refractivity contribution >= 4 is 0 Å². The average molecular weight is 196 g/mol. The van der Waals surface area contributed by atoms with Gasteiger partial charge in [-0.2, -0.15) is 0 Å². The Bertz CT molecular complexity index is 201. The van der Waals surface area contributed by atoms with Crippen LogP contribution in [0.15, 0.2) is 0 Å². The Morgan fingerprint density at radius 3 is 2.21 bits per heavy atom. The summed E-state index contributed by atoms with van der Waals surface area (Å²) in [6.07, 6.45) is 2.82. The molecule has 0 bridgehead atoms. The lowest BCUT2D eigenvalue weighted by Gasteiger charge is -2.51. The van der Waals surface area contributed by atoms with Gasteiger partial charge in [-0.3, -0.25) is 9.80 Å². The number of likely N-dealkylation sites (tertiary alicyclic amines) is 2. The van der Waals surface area contributed by atoms with E-state index >= 15 is 0 Å². The highest BCUT2D eigenvalue weighted by Gasteiger charge is 2.39. The van der Waals surface area contributed by atoms with E-state index in [1.54, 1.807) is 0 Å². The fourth-order valence-electron chi connectivity index (χ4n) is 2.71. The predicted molar refractivity (Wildman–Crippen MR) is 60.5 cm³/mol. The molecule has 2 heterocycles. The van der Waals surface area contributed by atoms with Crippen molar-refractivity contribution in [3.05, 3.63) is 0 Å². The Labute approximate surface area is 88.3 Å². The molecule has 0 saturated carbocycles. The second-order valence-electron chi connectivity index (χ2n) is 5.96. The minimum atomic E-state index is 0.374. The van der Waals surface area contributed by atoms with Gasteiger partial charge in [0.15, 0.2) is 0 Å². The molecule has 0 radical (unpaired) electrons. The van der Waals surface area contributed by atoms with Crippen LogP contribution < -0.4 is 0 Å². The molecule has 2 saturated heterocycles. The monoisotopic (exact) mass is 196 g/mol. The summed E-state index contributed by atoms with van der Waals surface area (Å²) in [7, 11) is 0. The topological polar surface area (TPSA) is 6.48 Å². The number of nitrogens with zero attached hydrogens (tertiary/aromatic N) is 2. The minimum Gasteiger partial charge on any atom is -0.295 e. The zero-order chi connectivity index (χ0) is 10.3. The summed E-state index contributed by atoms with van der Waals surface area (Å²) in [4.78, 5) is 5.30. The van der Waals surface area contributed by atoms with Crippen molar-refractivity contribution in [2.75, 3.05) is 19.6 Å². The van der Waals surface area contributed by atoms with Crippen LogP contribution in [0.2, 0.25) is 0 Å². The first-order valence-corrected chi connectivity index (χ1v) is 5.99. The van der Waals surface area contributed by atoms with Gasteiger partial charge >= 0.3 is 0 Å². The molecule has 1 atom stereocenters. The zero-order valence-electron chi connectivity index (χ0n) is 10.1. The van der Waals surface area contributed by atoms with Crippen molar-refractivity contribution in [2.24, 2.45) is 0 Å². The van der Waals surface area contributed by atoms with E-state index in [0.717, 1.165) is 12.1 Å². The predicted octanol–water partition coefficient (Wildman–Crippen LogP) is 1.95. The van der Waals surface area contributed by atoms with Crippen LogP contribution in [0.25, 0.3) is 0 Å². The highest BCUT2D eigenvalue weighted by molar-refractivity contribution is 4.96. The second kappa shape index (κ2) is 3.49. The lowest BCUT2D eigenvalue weighted by Crippen LogP contribution is -2.64. The molecular formula is C12H24N2. The largest absolute Gasteiger partial charge is 0.295 e. The molecule has 2 fully saturated rings. The highest BCUT2D eigenvalue weighted by atomic mass is 15.4. The van der Waals surface area contributed by atoms with E-state index in [9.17, 15) is 0 Å². The quantitative estimate of drug-likeness (QED) is 0.632. The Kier molecular flexibility index (Phi) is 2.61. The molecule has 2 aliphatic rings.